The van der Waals surface area contributed by atoms with E-state index in [0.717, 1.165) is 0 Å². The Hall–Kier alpha value is -4.45. The molecule has 1 fully saturated rings. The zero-order chi connectivity index (χ0) is 35.5. The molecule has 256 valence electrons. The SMILES string of the molecule is COc1nc(-c2ccnc(-c3cccc(Nc4cc(Cl)cc(C=O)c4F)c3Cl)c2Cl)ccc1CN(C[C@@H]1CCC(=O)N1)C(=O)OC(C)(C)C. The molecule has 1 aliphatic rings. The summed E-state index contributed by atoms with van der Waals surface area (Å²) >= 11 is 19.8. The normalized spacial score (nSPS) is 14.3. The van der Waals surface area contributed by atoms with Crippen LogP contribution in [0.1, 0.15) is 49.5 Å². The zero-order valence-corrected chi connectivity index (χ0v) is 29.3. The number of nitrogens with zero attached hydrogens (tertiary/aromatic N) is 3. The number of benzene rings is 2. The van der Waals surface area contributed by atoms with Crippen molar-refractivity contribution in [1.82, 2.24) is 20.2 Å². The van der Waals surface area contributed by atoms with Crippen LogP contribution < -0.4 is 15.4 Å². The Morgan fingerprint density at radius 3 is 2.55 bits per heavy atom. The number of amides is 2. The number of carbonyl (C=O) groups is 3. The van der Waals surface area contributed by atoms with Gasteiger partial charge in [-0.25, -0.2) is 14.2 Å². The third-order valence-electron chi connectivity index (χ3n) is 7.55. The van der Waals surface area contributed by atoms with Crippen molar-refractivity contribution >= 4 is 64.5 Å². The molecule has 0 unspecified atom stereocenters. The Morgan fingerprint density at radius 2 is 1.88 bits per heavy atom. The fourth-order valence-corrected chi connectivity index (χ4v) is 6.11. The van der Waals surface area contributed by atoms with Gasteiger partial charge in [0.1, 0.15) is 5.60 Å². The average Bonchev–Trinajstić information content (AvgIpc) is 3.47. The molecule has 49 heavy (non-hydrogen) atoms. The first kappa shape index (κ1) is 35.8. The number of halogens is 4. The molecule has 0 spiro atoms. The molecule has 10 nitrogen and oxygen atoms in total. The van der Waals surface area contributed by atoms with E-state index in [-0.39, 0.29) is 57.2 Å². The lowest BCUT2D eigenvalue weighted by Crippen LogP contribution is -2.43. The van der Waals surface area contributed by atoms with Crippen molar-refractivity contribution in [2.75, 3.05) is 19.0 Å². The first-order valence-corrected chi connectivity index (χ1v) is 16.4. The first-order chi connectivity index (χ1) is 23.3. The summed E-state index contributed by atoms with van der Waals surface area (Å²) in [6.45, 7) is 5.72. The summed E-state index contributed by atoms with van der Waals surface area (Å²) in [5.41, 5.74) is 1.77. The van der Waals surface area contributed by atoms with Crippen LogP contribution in [0.5, 0.6) is 5.88 Å². The van der Waals surface area contributed by atoms with E-state index in [1.165, 1.54) is 24.1 Å². The fourth-order valence-electron chi connectivity index (χ4n) is 5.31. The molecule has 1 aliphatic heterocycles. The number of aldehydes is 1. The molecule has 0 aliphatic carbocycles. The number of carbonyl (C=O) groups excluding carboxylic acids is 3. The van der Waals surface area contributed by atoms with E-state index in [9.17, 15) is 18.8 Å². The number of rotatable bonds is 10. The summed E-state index contributed by atoms with van der Waals surface area (Å²) in [5.74, 6) is -0.570. The maximum atomic E-state index is 14.9. The van der Waals surface area contributed by atoms with Crippen molar-refractivity contribution in [3.8, 4) is 28.4 Å². The summed E-state index contributed by atoms with van der Waals surface area (Å²) in [7, 11) is 1.48. The van der Waals surface area contributed by atoms with Gasteiger partial charge in [-0.15, -0.1) is 0 Å². The largest absolute Gasteiger partial charge is 0.481 e. The number of pyridine rings is 2. The molecule has 0 radical (unpaired) electrons. The number of nitrogens with one attached hydrogen (secondary N) is 2. The van der Waals surface area contributed by atoms with Crippen LogP contribution >= 0.6 is 34.8 Å². The maximum absolute atomic E-state index is 14.9. The predicted molar refractivity (Wildman–Crippen MR) is 187 cm³/mol. The maximum Gasteiger partial charge on any atom is 0.410 e. The van der Waals surface area contributed by atoms with Gasteiger partial charge in [-0.1, -0.05) is 46.9 Å². The van der Waals surface area contributed by atoms with Crippen LogP contribution in [0.4, 0.5) is 20.6 Å². The molecule has 2 aromatic heterocycles. The van der Waals surface area contributed by atoms with Crippen molar-refractivity contribution < 1.29 is 28.2 Å². The lowest BCUT2D eigenvalue weighted by atomic mass is 10.0. The van der Waals surface area contributed by atoms with Gasteiger partial charge in [-0.05, 0) is 63.6 Å². The van der Waals surface area contributed by atoms with Gasteiger partial charge in [0.15, 0.2) is 12.1 Å². The fraction of sp³-hybridized carbons (Fsp3) is 0.286. The monoisotopic (exact) mass is 727 g/mol. The summed E-state index contributed by atoms with van der Waals surface area (Å²) in [6, 6.07) is 12.6. The van der Waals surface area contributed by atoms with Gasteiger partial charge in [0.2, 0.25) is 11.8 Å². The minimum absolute atomic E-state index is 0.0314. The summed E-state index contributed by atoms with van der Waals surface area (Å²) in [4.78, 5) is 47.0. The van der Waals surface area contributed by atoms with Gasteiger partial charge < -0.3 is 25.0 Å². The van der Waals surface area contributed by atoms with Crippen LogP contribution in [0.3, 0.4) is 0 Å². The van der Waals surface area contributed by atoms with Gasteiger partial charge in [0.05, 0.1) is 52.0 Å². The Balaban J connectivity index is 1.45. The van der Waals surface area contributed by atoms with Gasteiger partial charge in [-0.2, -0.15) is 0 Å². The second-order valence-corrected chi connectivity index (χ2v) is 13.5. The summed E-state index contributed by atoms with van der Waals surface area (Å²) in [6.07, 6.45) is 2.41. The Kier molecular flexibility index (Phi) is 11.0. The average molecular weight is 729 g/mol. The smallest absolute Gasteiger partial charge is 0.410 e. The van der Waals surface area contributed by atoms with E-state index in [1.807, 2.05) is 0 Å². The highest BCUT2D eigenvalue weighted by Gasteiger charge is 2.29. The van der Waals surface area contributed by atoms with E-state index in [4.69, 9.17) is 49.3 Å². The molecule has 0 bridgehead atoms. The zero-order valence-electron chi connectivity index (χ0n) is 27.1. The second kappa shape index (κ2) is 15.0. The van der Waals surface area contributed by atoms with Gasteiger partial charge >= 0.3 is 6.09 Å². The minimum Gasteiger partial charge on any atom is -0.481 e. The molecule has 3 heterocycles. The number of anilines is 2. The molecule has 14 heteroatoms. The van der Waals surface area contributed by atoms with Crippen molar-refractivity contribution in [3.05, 3.63) is 86.7 Å². The highest BCUT2D eigenvalue weighted by Crippen LogP contribution is 2.41. The Labute approximate surface area is 297 Å². The lowest BCUT2D eigenvalue weighted by Gasteiger charge is -2.29. The molecule has 5 rings (SSSR count). The van der Waals surface area contributed by atoms with E-state index in [1.54, 1.807) is 63.4 Å². The van der Waals surface area contributed by atoms with Crippen LogP contribution in [0, 0.1) is 5.82 Å². The highest BCUT2D eigenvalue weighted by atomic mass is 35.5. The number of hydrogen-bond donors (Lipinski definition) is 2. The van der Waals surface area contributed by atoms with Crippen LogP contribution in [0.2, 0.25) is 15.1 Å². The number of ether oxygens (including phenoxy) is 2. The van der Waals surface area contributed by atoms with E-state index in [0.29, 0.717) is 52.9 Å². The van der Waals surface area contributed by atoms with Crippen LogP contribution in [0.15, 0.2) is 54.7 Å². The van der Waals surface area contributed by atoms with Gasteiger partial charge in [-0.3, -0.25) is 14.6 Å². The molecule has 1 saturated heterocycles. The van der Waals surface area contributed by atoms with E-state index < -0.39 is 17.5 Å². The molecule has 1 atom stereocenters. The van der Waals surface area contributed by atoms with E-state index >= 15 is 0 Å². The van der Waals surface area contributed by atoms with Crippen molar-refractivity contribution in [3.63, 3.8) is 0 Å². The molecule has 2 aromatic carbocycles. The molecule has 0 saturated carbocycles. The van der Waals surface area contributed by atoms with Crippen LogP contribution in [0.25, 0.3) is 22.5 Å². The van der Waals surface area contributed by atoms with Crippen molar-refractivity contribution in [2.24, 2.45) is 0 Å². The quantitative estimate of drug-likeness (QED) is 0.156. The molecular weight excluding hydrogens is 696 g/mol. The van der Waals surface area contributed by atoms with Gasteiger partial charge in [0, 0.05) is 46.9 Å². The number of aromatic nitrogens is 2. The Bertz CT molecular complexity index is 1920. The highest BCUT2D eigenvalue weighted by molar-refractivity contribution is 6.39. The molecular formula is C35H33Cl3FN5O5. The second-order valence-electron chi connectivity index (χ2n) is 12.3. The molecule has 2 amide bonds. The van der Waals surface area contributed by atoms with Gasteiger partial charge in [0.25, 0.3) is 0 Å². The number of methoxy groups -OCH3 is 1. The minimum atomic E-state index is -0.776. The summed E-state index contributed by atoms with van der Waals surface area (Å²) in [5, 5.41) is 6.41. The van der Waals surface area contributed by atoms with Crippen LogP contribution in [-0.2, 0) is 16.1 Å². The van der Waals surface area contributed by atoms with Crippen LogP contribution in [-0.4, -0.2) is 58.5 Å². The standard InChI is InChI=1S/C35H33Cl3FN5O5/c1-35(2,3)49-34(47)44(17-22-9-11-28(46)41-22)16-19-8-10-25(43-33(19)48-4)23-12-13-40-32(30(23)38)24-6-5-7-26(29(24)37)42-27-15-21(36)14-20(18-45)31(27)39/h5-8,10,12-15,18,22,42H,9,11,16-17H2,1-4H3,(H,41,46)/t22-/m0/s1. The summed E-state index contributed by atoms with van der Waals surface area (Å²) < 4.78 is 26.2. The molecule has 4 aromatic rings. The third-order valence-corrected chi connectivity index (χ3v) is 8.56. The topological polar surface area (TPSA) is 123 Å². The first-order valence-electron chi connectivity index (χ1n) is 15.2. The van der Waals surface area contributed by atoms with Crippen molar-refractivity contribution in [2.45, 2.75) is 51.8 Å². The Morgan fingerprint density at radius 1 is 1.10 bits per heavy atom. The number of hydrogen-bond acceptors (Lipinski definition) is 8. The third kappa shape index (κ3) is 8.41. The molecule has 2 N–H and O–H groups in total. The van der Waals surface area contributed by atoms with E-state index in [2.05, 4.69) is 15.6 Å². The lowest BCUT2D eigenvalue weighted by molar-refractivity contribution is -0.119. The van der Waals surface area contributed by atoms with Crippen molar-refractivity contribution in [1.29, 1.82) is 0 Å². The predicted octanol–water partition coefficient (Wildman–Crippen LogP) is 8.49.